The Bertz CT molecular complexity index is 726. The molecule has 3 rings (SSSR count). The van der Waals surface area contributed by atoms with E-state index in [1.165, 1.54) is 33.7 Å². The van der Waals surface area contributed by atoms with Gasteiger partial charge in [0.15, 0.2) is 0 Å². The van der Waals surface area contributed by atoms with Gasteiger partial charge in [-0.1, -0.05) is 85.7 Å². The minimum Gasteiger partial charge on any atom is -0.326 e. The highest BCUT2D eigenvalue weighted by Crippen LogP contribution is 2.42. The van der Waals surface area contributed by atoms with Gasteiger partial charge in [0.1, 0.15) is 0 Å². The lowest BCUT2D eigenvalue weighted by Crippen LogP contribution is -2.13. The third kappa shape index (κ3) is 3.92. The molecule has 2 aromatic carbocycles. The summed E-state index contributed by atoms with van der Waals surface area (Å²) in [6, 6.07) is 17.3. The van der Waals surface area contributed by atoms with Crippen LogP contribution in [0.4, 0.5) is 0 Å². The van der Waals surface area contributed by atoms with E-state index in [-0.39, 0.29) is 5.92 Å². The van der Waals surface area contributed by atoms with Crippen LogP contribution in [0.5, 0.6) is 0 Å². The van der Waals surface area contributed by atoms with Crippen molar-refractivity contribution in [2.75, 3.05) is 0 Å². The lowest BCUT2D eigenvalue weighted by atomic mass is 9.76. The van der Waals surface area contributed by atoms with Crippen molar-refractivity contribution in [1.82, 2.24) is 0 Å². The number of nitrogens with two attached hydrogens (primary N) is 2. The summed E-state index contributed by atoms with van der Waals surface area (Å²) in [6.07, 6.45) is 8.94. The Morgan fingerprint density at radius 1 is 0.880 bits per heavy atom. The molecule has 1 radical (unpaired) electrons. The quantitative estimate of drug-likeness (QED) is 0.778. The van der Waals surface area contributed by atoms with Crippen molar-refractivity contribution < 1.29 is 0 Å². The van der Waals surface area contributed by atoms with Crippen LogP contribution in [0.15, 0.2) is 72.3 Å². The van der Waals surface area contributed by atoms with E-state index in [4.69, 9.17) is 11.5 Å². The number of benzene rings is 2. The second-order valence-corrected chi connectivity index (χ2v) is 6.59. The van der Waals surface area contributed by atoms with Crippen LogP contribution in [-0.2, 0) is 13.1 Å². The molecule has 0 saturated heterocycles. The van der Waals surface area contributed by atoms with Crippen molar-refractivity contribution in [3.63, 3.8) is 0 Å². The molecule has 0 fully saturated rings. The maximum absolute atomic E-state index is 5.88. The average Bonchev–Trinajstić information content (AvgIpc) is 3.10. The van der Waals surface area contributed by atoms with E-state index in [0.717, 1.165) is 12.8 Å². The molecule has 0 bridgehead atoms. The zero-order chi connectivity index (χ0) is 17.6. The van der Waals surface area contributed by atoms with E-state index in [9.17, 15) is 0 Å². The Morgan fingerprint density at radius 3 is 2.00 bits per heavy atom. The first-order valence-corrected chi connectivity index (χ1v) is 9.09. The van der Waals surface area contributed by atoms with Gasteiger partial charge < -0.3 is 11.5 Å². The normalized spacial score (nSPS) is 14.3. The van der Waals surface area contributed by atoms with E-state index < -0.39 is 0 Å². The molecule has 0 atom stereocenters. The third-order valence-corrected chi connectivity index (χ3v) is 4.81. The van der Waals surface area contributed by atoms with Gasteiger partial charge in [-0.3, -0.25) is 0 Å². The maximum atomic E-state index is 5.88. The number of hydrogen-bond donors (Lipinski definition) is 2. The lowest BCUT2D eigenvalue weighted by molar-refractivity contribution is 0.813. The van der Waals surface area contributed by atoms with E-state index in [2.05, 4.69) is 73.7 Å². The molecule has 2 aromatic rings. The Kier molecular flexibility index (Phi) is 5.85. The van der Waals surface area contributed by atoms with Crippen LogP contribution in [0, 0.1) is 5.92 Å². The molecular weight excluding hydrogens is 304 g/mol. The molecule has 1 aliphatic rings. The summed E-state index contributed by atoms with van der Waals surface area (Å²) in [6.45, 7) is 3.36. The largest absolute Gasteiger partial charge is 0.326 e. The highest BCUT2D eigenvalue weighted by molar-refractivity contribution is 5.54. The van der Waals surface area contributed by atoms with E-state index in [1.54, 1.807) is 0 Å². The summed E-state index contributed by atoms with van der Waals surface area (Å²) >= 11 is 0. The van der Waals surface area contributed by atoms with Gasteiger partial charge in [0.2, 0.25) is 0 Å². The molecule has 0 spiro atoms. The Morgan fingerprint density at radius 2 is 1.48 bits per heavy atom. The van der Waals surface area contributed by atoms with Gasteiger partial charge in [0.05, 0.1) is 0 Å². The van der Waals surface area contributed by atoms with Gasteiger partial charge in [0.25, 0.3) is 0 Å². The molecule has 1 aliphatic carbocycles. The van der Waals surface area contributed by atoms with Gasteiger partial charge in [-0.25, -0.2) is 0 Å². The molecule has 0 heterocycles. The molecule has 0 saturated carbocycles. The van der Waals surface area contributed by atoms with Gasteiger partial charge >= 0.3 is 0 Å². The molecule has 0 unspecified atom stereocenters. The van der Waals surface area contributed by atoms with Gasteiger partial charge in [-0.05, 0) is 28.7 Å². The van der Waals surface area contributed by atoms with Gasteiger partial charge in [-0.2, -0.15) is 0 Å². The van der Waals surface area contributed by atoms with Crippen molar-refractivity contribution in [3.8, 4) is 0 Å². The fraction of sp³-hybridized carbons (Fsp3) is 0.261. The SMILES string of the molecule is CCCC1=CC=C[C]1C(c1cccc(CN)c1)c1cccc(CN)c1. The molecule has 4 N–H and O–H groups in total. The maximum Gasteiger partial charge on any atom is 0.0344 e. The first kappa shape index (κ1) is 17.7. The lowest BCUT2D eigenvalue weighted by Gasteiger charge is -2.26. The summed E-state index contributed by atoms with van der Waals surface area (Å²) in [5.41, 5.74) is 18.1. The van der Waals surface area contributed by atoms with Gasteiger partial charge in [0, 0.05) is 24.9 Å². The molecule has 0 aliphatic heterocycles. The summed E-state index contributed by atoms with van der Waals surface area (Å²) in [7, 11) is 0. The number of allylic oxidation sites excluding steroid dienone is 4. The van der Waals surface area contributed by atoms with E-state index in [0.29, 0.717) is 13.1 Å². The Labute approximate surface area is 151 Å². The predicted molar refractivity (Wildman–Crippen MR) is 106 cm³/mol. The zero-order valence-electron chi connectivity index (χ0n) is 14.9. The summed E-state index contributed by atoms with van der Waals surface area (Å²) in [4.78, 5) is 0. The first-order valence-electron chi connectivity index (χ1n) is 9.09. The van der Waals surface area contributed by atoms with Crippen molar-refractivity contribution >= 4 is 0 Å². The smallest absolute Gasteiger partial charge is 0.0344 e. The van der Waals surface area contributed by atoms with Gasteiger partial charge in [-0.15, -0.1) is 0 Å². The predicted octanol–water partition coefficient (Wildman–Crippen LogP) is 4.61. The fourth-order valence-electron chi connectivity index (χ4n) is 3.60. The fourth-order valence-corrected chi connectivity index (χ4v) is 3.60. The molecule has 0 amide bonds. The molecule has 2 nitrogen and oxygen atoms in total. The van der Waals surface area contributed by atoms with Crippen LogP contribution in [0.2, 0.25) is 0 Å². The van der Waals surface area contributed by atoms with Crippen molar-refractivity contribution in [3.05, 3.63) is 101 Å². The second-order valence-electron chi connectivity index (χ2n) is 6.59. The van der Waals surface area contributed by atoms with Crippen LogP contribution < -0.4 is 11.5 Å². The summed E-state index contributed by atoms with van der Waals surface area (Å²) < 4.78 is 0. The Hall–Kier alpha value is -2.16. The average molecular weight is 331 g/mol. The van der Waals surface area contributed by atoms with Crippen LogP contribution >= 0.6 is 0 Å². The summed E-state index contributed by atoms with van der Waals surface area (Å²) in [5.74, 6) is 1.61. The highest BCUT2D eigenvalue weighted by atomic mass is 14.5. The second kappa shape index (κ2) is 8.28. The van der Waals surface area contributed by atoms with Crippen molar-refractivity contribution in [2.24, 2.45) is 11.5 Å². The zero-order valence-corrected chi connectivity index (χ0v) is 14.9. The number of rotatable bonds is 7. The van der Waals surface area contributed by atoms with E-state index in [1.807, 2.05) is 0 Å². The van der Waals surface area contributed by atoms with Crippen molar-refractivity contribution in [1.29, 1.82) is 0 Å². The molecular formula is C23H27N2. The van der Waals surface area contributed by atoms with Crippen LogP contribution in [0.1, 0.15) is 47.9 Å². The third-order valence-electron chi connectivity index (χ3n) is 4.81. The van der Waals surface area contributed by atoms with Crippen LogP contribution in [0.3, 0.4) is 0 Å². The van der Waals surface area contributed by atoms with Crippen LogP contribution in [0.25, 0.3) is 0 Å². The minimum absolute atomic E-state index is 0.217. The topological polar surface area (TPSA) is 52.0 Å². The standard InChI is InChI=1S/C23H27N2/c1-2-6-19-9-5-12-22(19)23(20-10-3-7-17(13-20)15-24)21-11-4-8-18(14-21)16-25/h3-5,7-14,23H,2,6,15-16,24-25H2,1H3. The molecule has 2 heteroatoms. The minimum atomic E-state index is 0.217. The highest BCUT2D eigenvalue weighted by Gasteiger charge is 2.28. The Balaban J connectivity index is 2.07. The monoisotopic (exact) mass is 331 g/mol. The molecule has 25 heavy (non-hydrogen) atoms. The number of hydrogen-bond acceptors (Lipinski definition) is 2. The van der Waals surface area contributed by atoms with E-state index >= 15 is 0 Å². The first-order chi connectivity index (χ1) is 12.3. The molecule has 129 valence electrons. The van der Waals surface area contributed by atoms with Crippen LogP contribution in [-0.4, -0.2) is 0 Å². The molecule has 0 aromatic heterocycles. The van der Waals surface area contributed by atoms with Crippen molar-refractivity contribution in [2.45, 2.75) is 38.8 Å². The summed E-state index contributed by atoms with van der Waals surface area (Å²) in [5, 5.41) is 0.